The number of carbonyl (C=O) groups excluding carboxylic acids is 1. The second-order valence-electron chi connectivity index (χ2n) is 5.71. The highest BCUT2D eigenvalue weighted by Gasteiger charge is 2.42. The molecule has 0 aromatic heterocycles. The van der Waals surface area contributed by atoms with Crippen LogP contribution in [0, 0.1) is 5.92 Å². The van der Waals surface area contributed by atoms with Gasteiger partial charge in [0.05, 0.1) is 11.5 Å². The Balaban J connectivity index is 2.11. The van der Waals surface area contributed by atoms with E-state index in [9.17, 15) is 18.3 Å². The van der Waals surface area contributed by atoms with Crippen molar-refractivity contribution in [2.75, 3.05) is 24.6 Å². The molecule has 0 spiro atoms. The van der Waals surface area contributed by atoms with Gasteiger partial charge in [-0.15, -0.1) is 0 Å². The molecule has 0 radical (unpaired) electrons. The van der Waals surface area contributed by atoms with E-state index < -0.39 is 15.4 Å². The van der Waals surface area contributed by atoms with Crippen LogP contribution in [0.4, 0.5) is 0 Å². The lowest BCUT2D eigenvalue weighted by atomic mass is 10.00. The van der Waals surface area contributed by atoms with Crippen LogP contribution in [0.15, 0.2) is 0 Å². The maximum Gasteiger partial charge on any atom is 0.254 e. The van der Waals surface area contributed by atoms with Gasteiger partial charge in [-0.3, -0.25) is 4.79 Å². The quantitative estimate of drug-likeness (QED) is 0.741. The van der Waals surface area contributed by atoms with Crippen molar-refractivity contribution in [1.29, 1.82) is 0 Å². The average molecular weight is 275 g/mol. The highest BCUT2D eigenvalue weighted by molar-refractivity contribution is 7.91. The largest absolute Gasteiger partial charge is 0.380 e. The summed E-state index contributed by atoms with van der Waals surface area (Å²) in [5.74, 6) is -0.190. The molecule has 2 fully saturated rings. The van der Waals surface area contributed by atoms with Gasteiger partial charge in [0.25, 0.3) is 5.91 Å². The van der Waals surface area contributed by atoms with Crippen LogP contribution < -0.4 is 0 Å². The second kappa shape index (κ2) is 4.81. The summed E-state index contributed by atoms with van der Waals surface area (Å²) < 4.78 is 23.3. The van der Waals surface area contributed by atoms with E-state index in [0.29, 0.717) is 19.4 Å². The lowest BCUT2D eigenvalue weighted by Gasteiger charge is -2.30. The molecule has 2 rings (SSSR count). The summed E-state index contributed by atoms with van der Waals surface area (Å²) in [6.45, 7) is 2.48. The Kier molecular flexibility index (Phi) is 3.69. The molecule has 5 nitrogen and oxygen atoms in total. The first-order valence-electron chi connectivity index (χ1n) is 6.55. The van der Waals surface area contributed by atoms with Gasteiger partial charge in [0.15, 0.2) is 9.84 Å². The van der Waals surface area contributed by atoms with Crippen molar-refractivity contribution < 1.29 is 18.3 Å². The lowest BCUT2D eigenvalue weighted by molar-refractivity contribution is -0.150. The number of nitrogens with zero attached hydrogens (tertiary/aromatic N) is 1. The van der Waals surface area contributed by atoms with Gasteiger partial charge in [-0.1, -0.05) is 6.92 Å². The Hall–Kier alpha value is -0.620. The van der Waals surface area contributed by atoms with E-state index in [4.69, 9.17) is 0 Å². The van der Waals surface area contributed by atoms with Gasteiger partial charge in [-0.25, -0.2) is 8.42 Å². The van der Waals surface area contributed by atoms with Crippen molar-refractivity contribution in [2.45, 2.75) is 38.2 Å². The van der Waals surface area contributed by atoms with E-state index in [1.165, 1.54) is 0 Å². The van der Waals surface area contributed by atoms with Crippen molar-refractivity contribution in [1.82, 2.24) is 4.90 Å². The minimum Gasteiger partial charge on any atom is -0.380 e. The number of amides is 1. The molecular weight excluding hydrogens is 254 g/mol. The molecule has 1 heterocycles. The zero-order valence-corrected chi connectivity index (χ0v) is 11.6. The van der Waals surface area contributed by atoms with Crippen LogP contribution in [0.2, 0.25) is 0 Å². The van der Waals surface area contributed by atoms with E-state index in [-0.39, 0.29) is 29.9 Å². The molecule has 0 aromatic carbocycles. The van der Waals surface area contributed by atoms with Gasteiger partial charge >= 0.3 is 0 Å². The molecule has 1 unspecified atom stereocenters. The number of rotatable bonds is 1. The first kappa shape index (κ1) is 13.8. The molecule has 0 aromatic rings. The molecule has 2 aliphatic rings. The highest BCUT2D eigenvalue weighted by Crippen LogP contribution is 2.31. The summed E-state index contributed by atoms with van der Waals surface area (Å²) in [4.78, 5) is 13.9. The van der Waals surface area contributed by atoms with Crippen LogP contribution >= 0.6 is 0 Å². The summed E-state index contributed by atoms with van der Waals surface area (Å²) in [6, 6.07) is 0. The molecule has 18 heavy (non-hydrogen) atoms. The SMILES string of the molecule is CC1CN(C(=O)C2(O)CCCC2)CCS(=O)(=O)C1. The molecule has 1 saturated heterocycles. The first-order valence-corrected chi connectivity index (χ1v) is 8.37. The van der Waals surface area contributed by atoms with Crippen molar-refractivity contribution in [3.8, 4) is 0 Å². The number of carbonyl (C=O) groups is 1. The predicted molar refractivity (Wildman–Crippen MR) is 67.8 cm³/mol. The summed E-state index contributed by atoms with van der Waals surface area (Å²) in [5.41, 5.74) is -1.24. The van der Waals surface area contributed by atoms with Gasteiger partial charge in [0.2, 0.25) is 0 Å². The van der Waals surface area contributed by atoms with Gasteiger partial charge in [0.1, 0.15) is 5.60 Å². The van der Waals surface area contributed by atoms with Gasteiger partial charge in [0, 0.05) is 13.1 Å². The summed E-state index contributed by atoms with van der Waals surface area (Å²) in [6.07, 6.45) is 2.74. The molecule has 1 atom stereocenters. The summed E-state index contributed by atoms with van der Waals surface area (Å²) >= 11 is 0. The Morgan fingerprint density at radius 2 is 1.94 bits per heavy atom. The molecule has 104 valence electrons. The maximum atomic E-state index is 12.3. The fraction of sp³-hybridized carbons (Fsp3) is 0.917. The van der Waals surface area contributed by atoms with Crippen LogP contribution in [0.3, 0.4) is 0 Å². The van der Waals surface area contributed by atoms with Crippen LogP contribution in [-0.4, -0.2) is 54.5 Å². The number of aliphatic hydroxyl groups is 1. The number of hydrogen-bond acceptors (Lipinski definition) is 4. The van der Waals surface area contributed by atoms with E-state index in [0.717, 1.165) is 12.8 Å². The molecule has 1 N–H and O–H groups in total. The van der Waals surface area contributed by atoms with Gasteiger partial charge < -0.3 is 10.0 Å². The fourth-order valence-corrected chi connectivity index (χ4v) is 4.58. The zero-order chi connectivity index (χ0) is 13.4. The van der Waals surface area contributed by atoms with Gasteiger partial charge in [-0.2, -0.15) is 0 Å². The Bertz CT molecular complexity index is 425. The lowest BCUT2D eigenvalue weighted by Crippen LogP contribution is -2.49. The van der Waals surface area contributed by atoms with Gasteiger partial charge in [-0.05, 0) is 31.6 Å². The number of sulfone groups is 1. The van der Waals surface area contributed by atoms with E-state index >= 15 is 0 Å². The number of hydrogen-bond donors (Lipinski definition) is 1. The molecule has 0 bridgehead atoms. The molecule has 1 aliphatic heterocycles. The molecule has 6 heteroatoms. The third kappa shape index (κ3) is 2.85. The molecule has 1 aliphatic carbocycles. The van der Waals surface area contributed by atoms with Crippen molar-refractivity contribution >= 4 is 15.7 Å². The normalized spacial score (nSPS) is 31.0. The third-order valence-corrected chi connectivity index (χ3v) is 5.74. The summed E-state index contributed by atoms with van der Waals surface area (Å²) in [7, 11) is -3.05. The van der Waals surface area contributed by atoms with Crippen LogP contribution in [0.25, 0.3) is 0 Å². The van der Waals surface area contributed by atoms with E-state index in [1.807, 2.05) is 6.92 Å². The Labute approximate surface area is 108 Å². The first-order chi connectivity index (χ1) is 8.32. The van der Waals surface area contributed by atoms with Crippen LogP contribution in [0.5, 0.6) is 0 Å². The molecular formula is C12H21NO4S. The predicted octanol–water partition coefficient (Wildman–Crippen LogP) is 0.185. The second-order valence-corrected chi connectivity index (χ2v) is 7.94. The maximum absolute atomic E-state index is 12.3. The fourth-order valence-electron chi connectivity index (χ4n) is 2.94. The molecule has 1 saturated carbocycles. The molecule has 1 amide bonds. The summed E-state index contributed by atoms with van der Waals surface area (Å²) in [5, 5.41) is 10.3. The Morgan fingerprint density at radius 1 is 1.33 bits per heavy atom. The minimum atomic E-state index is -3.05. The smallest absolute Gasteiger partial charge is 0.254 e. The average Bonchev–Trinajstić information content (AvgIpc) is 2.65. The van der Waals surface area contributed by atoms with Crippen molar-refractivity contribution in [3.05, 3.63) is 0 Å². The van der Waals surface area contributed by atoms with Crippen LogP contribution in [0.1, 0.15) is 32.6 Å². The van der Waals surface area contributed by atoms with Crippen LogP contribution in [-0.2, 0) is 14.6 Å². The Morgan fingerprint density at radius 3 is 2.56 bits per heavy atom. The topological polar surface area (TPSA) is 74.7 Å². The van der Waals surface area contributed by atoms with Crippen molar-refractivity contribution in [3.63, 3.8) is 0 Å². The minimum absolute atomic E-state index is 0.0131. The van der Waals surface area contributed by atoms with Crippen molar-refractivity contribution in [2.24, 2.45) is 5.92 Å². The standard InChI is InChI=1S/C12H21NO4S/c1-10-8-13(6-7-18(16,17)9-10)11(14)12(15)4-2-3-5-12/h10,15H,2-9H2,1H3. The van der Waals surface area contributed by atoms with E-state index in [1.54, 1.807) is 4.90 Å². The third-order valence-electron chi connectivity index (χ3n) is 3.86. The highest BCUT2D eigenvalue weighted by atomic mass is 32.2. The van der Waals surface area contributed by atoms with E-state index in [2.05, 4.69) is 0 Å². The monoisotopic (exact) mass is 275 g/mol. The zero-order valence-electron chi connectivity index (χ0n) is 10.8.